The summed E-state index contributed by atoms with van der Waals surface area (Å²) in [6, 6.07) is 10.6. The maximum Gasteiger partial charge on any atom is 0.150 e. The van der Waals surface area contributed by atoms with E-state index in [1.165, 1.54) is 30.9 Å². The summed E-state index contributed by atoms with van der Waals surface area (Å²) in [5.41, 5.74) is 4.80. The van der Waals surface area contributed by atoms with E-state index in [9.17, 15) is 8.78 Å². The van der Waals surface area contributed by atoms with Gasteiger partial charge in [-0.15, -0.1) is 0 Å². The molecule has 0 unspecified atom stereocenters. The van der Waals surface area contributed by atoms with Crippen molar-refractivity contribution < 1.29 is 8.78 Å². The molecule has 4 rings (SSSR count). The maximum atomic E-state index is 14.3. The molecule has 2 aromatic carbocycles. The van der Waals surface area contributed by atoms with Gasteiger partial charge in [-0.3, -0.25) is 0 Å². The van der Waals surface area contributed by atoms with E-state index >= 15 is 0 Å². The lowest BCUT2D eigenvalue weighted by Crippen LogP contribution is -2.28. The number of hydrogen-bond donors (Lipinski definition) is 1. The van der Waals surface area contributed by atoms with Crippen molar-refractivity contribution in [2.45, 2.75) is 39.5 Å². The molecule has 1 aliphatic rings. The minimum absolute atomic E-state index is 0.233. The summed E-state index contributed by atoms with van der Waals surface area (Å²) in [5.74, 6) is -1.04. The third-order valence-electron chi connectivity index (χ3n) is 5.44. The molecule has 1 aliphatic carbocycles. The number of nitrogens with one attached hydrogen (secondary N) is 1. The maximum absolute atomic E-state index is 14.3. The number of H-pyrrole nitrogens is 1. The summed E-state index contributed by atoms with van der Waals surface area (Å²) in [4.78, 5) is 3.22. The average molecular weight is 325 g/mol. The molecule has 0 spiro atoms. The Balaban J connectivity index is 1.93. The summed E-state index contributed by atoms with van der Waals surface area (Å²) in [7, 11) is 0. The van der Waals surface area contributed by atoms with E-state index in [1.54, 1.807) is 0 Å². The standard InChI is InChI=1S/C21H21F2N/c1-13-4-6-14(7-5-13)19-17(12-21(2)8-3-9-21)16-10-15(22)11-18(23)20(16)24-19/h4-7,10-11,24H,3,8-9,12H2,1-2H3. The van der Waals surface area contributed by atoms with Gasteiger partial charge in [0.25, 0.3) is 0 Å². The fourth-order valence-corrected chi connectivity index (χ4v) is 3.81. The average Bonchev–Trinajstić information content (AvgIpc) is 2.85. The van der Waals surface area contributed by atoms with E-state index in [-0.39, 0.29) is 5.41 Å². The van der Waals surface area contributed by atoms with Crippen molar-refractivity contribution in [3.8, 4) is 11.3 Å². The molecule has 1 heterocycles. The van der Waals surface area contributed by atoms with Gasteiger partial charge in [-0.25, -0.2) is 8.78 Å². The van der Waals surface area contributed by atoms with Gasteiger partial charge < -0.3 is 4.98 Å². The minimum atomic E-state index is -0.525. The van der Waals surface area contributed by atoms with Crippen molar-refractivity contribution >= 4 is 10.9 Å². The van der Waals surface area contributed by atoms with Gasteiger partial charge in [0.05, 0.1) is 5.52 Å². The third-order valence-corrected chi connectivity index (χ3v) is 5.44. The molecular weight excluding hydrogens is 304 g/mol. The highest BCUT2D eigenvalue weighted by molar-refractivity contribution is 5.91. The number of benzene rings is 2. The normalized spacial score (nSPS) is 16.3. The van der Waals surface area contributed by atoms with E-state index in [0.717, 1.165) is 29.3 Å². The van der Waals surface area contributed by atoms with Gasteiger partial charge in [0, 0.05) is 17.1 Å². The van der Waals surface area contributed by atoms with Gasteiger partial charge in [-0.2, -0.15) is 0 Å². The molecule has 24 heavy (non-hydrogen) atoms. The van der Waals surface area contributed by atoms with Gasteiger partial charge in [0.15, 0.2) is 0 Å². The molecule has 124 valence electrons. The van der Waals surface area contributed by atoms with Crippen LogP contribution in [0.3, 0.4) is 0 Å². The summed E-state index contributed by atoms with van der Waals surface area (Å²) in [6.07, 6.45) is 4.43. The predicted octanol–water partition coefficient (Wildman–Crippen LogP) is 6.15. The number of aromatic amines is 1. The fourth-order valence-electron chi connectivity index (χ4n) is 3.81. The van der Waals surface area contributed by atoms with Crippen LogP contribution >= 0.6 is 0 Å². The lowest BCUT2D eigenvalue weighted by molar-refractivity contribution is 0.162. The Morgan fingerprint density at radius 1 is 1.08 bits per heavy atom. The number of aryl methyl sites for hydroxylation is 1. The summed E-state index contributed by atoms with van der Waals surface area (Å²) < 4.78 is 28.1. The van der Waals surface area contributed by atoms with Crippen LogP contribution in [0.5, 0.6) is 0 Å². The molecule has 0 radical (unpaired) electrons. The van der Waals surface area contributed by atoms with Crippen LogP contribution in [-0.2, 0) is 6.42 Å². The molecule has 1 fully saturated rings. The Hall–Kier alpha value is -2.16. The SMILES string of the molecule is Cc1ccc(-c2[nH]c3c(F)cc(F)cc3c2CC2(C)CCC2)cc1. The molecule has 1 saturated carbocycles. The Morgan fingerprint density at radius 3 is 2.42 bits per heavy atom. The van der Waals surface area contributed by atoms with Crippen LogP contribution in [0, 0.1) is 24.0 Å². The van der Waals surface area contributed by atoms with Gasteiger partial charge in [0.1, 0.15) is 11.6 Å². The van der Waals surface area contributed by atoms with Crippen LogP contribution in [-0.4, -0.2) is 4.98 Å². The molecule has 0 aliphatic heterocycles. The molecule has 3 heteroatoms. The summed E-state index contributed by atoms with van der Waals surface area (Å²) in [5, 5.41) is 0.677. The molecule has 0 atom stereocenters. The molecule has 0 saturated heterocycles. The first-order valence-electron chi connectivity index (χ1n) is 8.52. The molecule has 1 nitrogen and oxygen atoms in total. The zero-order chi connectivity index (χ0) is 16.9. The molecule has 3 aromatic rings. The van der Waals surface area contributed by atoms with Gasteiger partial charge >= 0.3 is 0 Å². The number of aromatic nitrogens is 1. The van der Waals surface area contributed by atoms with Crippen molar-refractivity contribution in [3.63, 3.8) is 0 Å². The Bertz CT molecular complexity index is 902. The Morgan fingerprint density at radius 2 is 1.79 bits per heavy atom. The van der Waals surface area contributed by atoms with Gasteiger partial charge in [-0.05, 0) is 48.8 Å². The Kier molecular flexibility index (Phi) is 3.48. The van der Waals surface area contributed by atoms with E-state index in [1.807, 2.05) is 31.2 Å². The van der Waals surface area contributed by atoms with Crippen molar-refractivity contribution in [2.24, 2.45) is 5.41 Å². The quantitative estimate of drug-likeness (QED) is 0.594. The summed E-state index contributed by atoms with van der Waals surface area (Å²) in [6.45, 7) is 4.31. The van der Waals surface area contributed by atoms with Crippen LogP contribution in [0.15, 0.2) is 36.4 Å². The lowest BCUT2D eigenvalue weighted by Gasteiger charge is -2.38. The molecule has 1 aromatic heterocycles. The van der Waals surface area contributed by atoms with Gasteiger partial charge in [-0.1, -0.05) is 43.2 Å². The lowest BCUT2D eigenvalue weighted by atomic mass is 9.66. The Labute approximate surface area is 140 Å². The molecule has 0 bridgehead atoms. The van der Waals surface area contributed by atoms with E-state index < -0.39 is 11.6 Å². The first-order chi connectivity index (χ1) is 11.5. The highest BCUT2D eigenvalue weighted by atomic mass is 19.1. The summed E-state index contributed by atoms with van der Waals surface area (Å²) >= 11 is 0. The van der Waals surface area contributed by atoms with Crippen molar-refractivity contribution in [2.75, 3.05) is 0 Å². The second-order valence-electron chi connectivity index (χ2n) is 7.50. The topological polar surface area (TPSA) is 15.8 Å². The van der Waals surface area contributed by atoms with Gasteiger partial charge in [0.2, 0.25) is 0 Å². The third kappa shape index (κ3) is 2.52. The fraction of sp³-hybridized carbons (Fsp3) is 0.333. The number of halogens is 2. The first kappa shape index (κ1) is 15.4. The molecular formula is C21H21F2N. The number of rotatable bonds is 3. The first-order valence-corrected chi connectivity index (χ1v) is 8.52. The van der Waals surface area contributed by atoms with Crippen LogP contribution in [0.4, 0.5) is 8.78 Å². The van der Waals surface area contributed by atoms with Crippen LogP contribution in [0.25, 0.3) is 22.2 Å². The highest BCUT2D eigenvalue weighted by Gasteiger charge is 2.34. The van der Waals surface area contributed by atoms with Crippen LogP contribution < -0.4 is 0 Å². The van der Waals surface area contributed by atoms with Crippen LogP contribution in [0.1, 0.15) is 37.3 Å². The van der Waals surface area contributed by atoms with Crippen molar-refractivity contribution in [3.05, 3.63) is 59.2 Å². The highest BCUT2D eigenvalue weighted by Crippen LogP contribution is 2.46. The largest absolute Gasteiger partial charge is 0.352 e. The second-order valence-corrected chi connectivity index (χ2v) is 7.50. The molecule has 0 amide bonds. The molecule has 1 N–H and O–H groups in total. The van der Waals surface area contributed by atoms with Crippen LogP contribution in [0.2, 0.25) is 0 Å². The minimum Gasteiger partial charge on any atom is -0.352 e. The zero-order valence-electron chi connectivity index (χ0n) is 14.0. The van der Waals surface area contributed by atoms with E-state index in [4.69, 9.17) is 0 Å². The second kappa shape index (κ2) is 5.44. The number of hydrogen-bond acceptors (Lipinski definition) is 0. The van der Waals surface area contributed by atoms with E-state index in [2.05, 4.69) is 11.9 Å². The van der Waals surface area contributed by atoms with Crippen molar-refractivity contribution in [1.29, 1.82) is 0 Å². The zero-order valence-corrected chi connectivity index (χ0v) is 14.0. The van der Waals surface area contributed by atoms with E-state index in [0.29, 0.717) is 10.9 Å². The smallest absolute Gasteiger partial charge is 0.150 e. The van der Waals surface area contributed by atoms with Crippen molar-refractivity contribution in [1.82, 2.24) is 4.98 Å². The number of fused-ring (bicyclic) bond motifs is 1. The predicted molar refractivity (Wildman–Crippen MR) is 94.0 cm³/mol. The monoisotopic (exact) mass is 325 g/mol.